The average molecular weight is 487 g/mol. The number of hydrogen-bond acceptors (Lipinski definition) is 6. The van der Waals surface area contributed by atoms with E-state index in [0.717, 1.165) is 24.8 Å². The van der Waals surface area contributed by atoms with Crippen LogP contribution >= 0.6 is 0 Å². The lowest BCUT2D eigenvalue weighted by Crippen LogP contribution is -2.12. The third-order valence-electron chi connectivity index (χ3n) is 5.51. The van der Waals surface area contributed by atoms with E-state index in [-0.39, 0.29) is 17.9 Å². The van der Waals surface area contributed by atoms with Crippen molar-refractivity contribution in [1.29, 1.82) is 0 Å². The monoisotopic (exact) mass is 486 g/mol. The van der Waals surface area contributed by atoms with Crippen LogP contribution in [0.3, 0.4) is 0 Å². The zero-order valence-electron chi connectivity index (χ0n) is 19.7. The second kappa shape index (κ2) is 10.8. The van der Waals surface area contributed by atoms with Crippen LogP contribution in [0.25, 0.3) is 0 Å². The topological polar surface area (TPSA) is 68.3 Å². The van der Waals surface area contributed by atoms with Crippen molar-refractivity contribution in [3.05, 3.63) is 60.3 Å². The van der Waals surface area contributed by atoms with E-state index in [1.165, 1.54) is 12.8 Å². The molecule has 0 amide bonds. The molecule has 3 aromatic rings. The van der Waals surface area contributed by atoms with Crippen LogP contribution in [0.2, 0.25) is 0 Å². The molecule has 186 valence electrons. The third-order valence-corrected chi connectivity index (χ3v) is 5.51. The van der Waals surface area contributed by atoms with Crippen LogP contribution in [0.1, 0.15) is 45.1 Å². The smallest absolute Gasteiger partial charge is 0.421 e. The molecule has 2 aromatic carbocycles. The highest BCUT2D eigenvalue weighted by atomic mass is 19.4. The number of aromatic nitrogens is 2. The number of nitrogens with zero attached hydrogens (tertiary/aromatic N) is 2. The van der Waals surface area contributed by atoms with Gasteiger partial charge in [-0.05, 0) is 80.1 Å². The molecule has 6 nitrogen and oxygen atoms in total. The molecule has 1 saturated carbocycles. The van der Waals surface area contributed by atoms with E-state index in [9.17, 15) is 13.2 Å². The number of alkyl halides is 3. The lowest BCUT2D eigenvalue weighted by molar-refractivity contribution is -0.137. The van der Waals surface area contributed by atoms with E-state index < -0.39 is 11.7 Å². The van der Waals surface area contributed by atoms with Gasteiger partial charge in [0.25, 0.3) is 0 Å². The highest BCUT2D eigenvalue weighted by Crippen LogP contribution is 2.35. The third kappa shape index (κ3) is 7.00. The van der Waals surface area contributed by atoms with Gasteiger partial charge in [-0.1, -0.05) is 13.8 Å². The van der Waals surface area contributed by atoms with Gasteiger partial charge in [-0.3, -0.25) is 0 Å². The van der Waals surface area contributed by atoms with Crippen molar-refractivity contribution >= 4 is 23.1 Å². The summed E-state index contributed by atoms with van der Waals surface area (Å²) in [4.78, 5) is 7.97. The second-order valence-electron chi connectivity index (χ2n) is 8.98. The molecule has 1 aliphatic rings. The summed E-state index contributed by atoms with van der Waals surface area (Å²) in [5.41, 5.74) is 0.134. The Labute approximate surface area is 202 Å². The molecule has 0 bridgehead atoms. The Morgan fingerprint density at radius 2 is 1.51 bits per heavy atom. The number of hydrogen-bond donors (Lipinski definition) is 2. The van der Waals surface area contributed by atoms with Gasteiger partial charge in [0.1, 0.15) is 22.9 Å². The molecule has 0 unspecified atom stereocenters. The Bertz CT molecular complexity index is 1100. The SMILES string of the molecule is CC(C)COc1ccc(Nc2nc(Nc3ccc(OC4CCCC4)cc3)ncc2C(F)(F)F)cc1. The molecule has 0 saturated heterocycles. The van der Waals surface area contributed by atoms with Crippen LogP contribution in [0, 0.1) is 5.92 Å². The molecule has 1 fully saturated rings. The van der Waals surface area contributed by atoms with Crippen LogP contribution in [0.4, 0.5) is 36.3 Å². The van der Waals surface area contributed by atoms with Crippen molar-refractivity contribution in [3.8, 4) is 11.5 Å². The first-order valence-corrected chi connectivity index (χ1v) is 11.7. The summed E-state index contributed by atoms with van der Waals surface area (Å²) in [6.07, 6.45) is 0.891. The van der Waals surface area contributed by atoms with Crippen molar-refractivity contribution in [2.75, 3.05) is 17.2 Å². The molecule has 0 atom stereocenters. The van der Waals surface area contributed by atoms with Gasteiger partial charge < -0.3 is 20.1 Å². The van der Waals surface area contributed by atoms with E-state index in [2.05, 4.69) is 20.6 Å². The van der Waals surface area contributed by atoms with Crippen LogP contribution < -0.4 is 20.1 Å². The minimum absolute atomic E-state index is 0.0434. The Morgan fingerprint density at radius 3 is 2.11 bits per heavy atom. The standard InChI is InChI=1S/C26H29F3N4O2/c1-17(2)16-34-20-11-7-18(8-12-20)31-24-23(26(27,28)29)15-30-25(33-24)32-19-9-13-22(14-10-19)35-21-5-3-4-6-21/h7-15,17,21H,3-6,16H2,1-2H3,(H2,30,31,32,33). The summed E-state index contributed by atoms with van der Waals surface area (Å²) in [5, 5.41) is 5.72. The maximum Gasteiger partial charge on any atom is 0.421 e. The molecule has 4 rings (SSSR count). The minimum atomic E-state index is -4.61. The second-order valence-corrected chi connectivity index (χ2v) is 8.98. The molecular weight excluding hydrogens is 457 g/mol. The van der Waals surface area contributed by atoms with Crippen LogP contribution in [0.5, 0.6) is 11.5 Å². The number of benzene rings is 2. The summed E-state index contributed by atoms with van der Waals surface area (Å²) in [6, 6.07) is 13.9. The molecule has 9 heteroatoms. The molecule has 35 heavy (non-hydrogen) atoms. The van der Waals surface area contributed by atoms with E-state index in [4.69, 9.17) is 9.47 Å². The number of anilines is 4. The first-order valence-electron chi connectivity index (χ1n) is 11.7. The maximum atomic E-state index is 13.6. The van der Waals surface area contributed by atoms with Gasteiger partial charge in [-0.15, -0.1) is 0 Å². The van der Waals surface area contributed by atoms with Gasteiger partial charge in [0.2, 0.25) is 5.95 Å². The lowest BCUT2D eigenvalue weighted by Gasteiger charge is -2.16. The summed E-state index contributed by atoms with van der Waals surface area (Å²) in [7, 11) is 0. The predicted molar refractivity (Wildman–Crippen MR) is 130 cm³/mol. The Morgan fingerprint density at radius 1 is 0.914 bits per heavy atom. The van der Waals surface area contributed by atoms with Crippen molar-refractivity contribution in [1.82, 2.24) is 9.97 Å². The van der Waals surface area contributed by atoms with E-state index in [0.29, 0.717) is 29.6 Å². The average Bonchev–Trinajstić information content (AvgIpc) is 3.32. The number of nitrogens with one attached hydrogen (secondary N) is 2. The van der Waals surface area contributed by atoms with Crippen LogP contribution in [-0.4, -0.2) is 22.7 Å². The van der Waals surface area contributed by atoms with E-state index in [1.807, 2.05) is 26.0 Å². The van der Waals surface area contributed by atoms with Gasteiger partial charge in [0.15, 0.2) is 0 Å². The number of rotatable bonds is 9. The largest absolute Gasteiger partial charge is 0.493 e. The zero-order valence-corrected chi connectivity index (χ0v) is 19.7. The highest BCUT2D eigenvalue weighted by molar-refractivity contribution is 5.63. The molecule has 0 aliphatic heterocycles. The van der Waals surface area contributed by atoms with Gasteiger partial charge in [0, 0.05) is 17.6 Å². The van der Waals surface area contributed by atoms with Crippen molar-refractivity contribution in [2.24, 2.45) is 5.92 Å². The van der Waals surface area contributed by atoms with Crippen LogP contribution in [-0.2, 0) is 6.18 Å². The Kier molecular flexibility index (Phi) is 7.63. The minimum Gasteiger partial charge on any atom is -0.493 e. The van der Waals surface area contributed by atoms with Crippen LogP contribution in [0.15, 0.2) is 54.7 Å². The summed E-state index contributed by atoms with van der Waals surface area (Å²) in [6.45, 7) is 4.63. The summed E-state index contributed by atoms with van der Waals surface area (Å²) >= 11 is 0. The number of ether oxygens (including phenoxy) is 2. The first kappa shape index (κ1) is 24.6. The van der Waals surface area contributed by atoms with Gasteiger partial charge in [-0.25, -0.2) is 4.98 Å². The van der Waals surface area contributed by atoms with Gasteiger partial charge >= 0.3 is 6.18 Å². The van der Waals surface area contributed by atoms with Crippen molar-refractivity contribution < 1.29 is 22.6 Å². The summed E-state index contributed by atoms with van der Waals surface area (Å²) < 4.78 is 52.3. The molecule has 2 N–H and O–H groups in total. The Balaban J connectivity index is 1.47. The fourth-order valence-electron chi connectivity index (χ4n) is 3.72. The van der Waals surface area contributed by atoms with Crippen molar-refractivity contribution in [3.63, 3.8) is 0 Å². The normalized spacial score (nSPS) is 14.2. The zero-order chi connectivity index (χ0) is 24.8. The molecular formula is C26H29F3N4O2. The highest BCUT2D eigenvalue weighted by Gasteiger charge is 2.35. The number of halogens is 3. The fraction of sp³-hybridized carbons (Fsp3) is 0.385. The maximum absolute atomic E-state index is 13.6. The fourth-order valence-corrected chi connectivity index (χ4v) is 3.72. The lowest BCUT2D eigenvalue weighted by atomic mass is 10.2. The van der Waals surface area contributed by atoms with E-state index >= 15 is 0 Å². The molecule has 1 aromatic heterocycles. The van der Waals surface area contributed by atoms with E-state index in [1.54, 1.807) is 36.4 Å². The quantitative estimate of drug-likeness (QED) is 0.330. The van der Waals surface area contributed by atoms with Gasteiger partial charge in [0.05, 0.1) is 12.7 Å². The van der Waals surface area contributed by atoms with Gasteiger partial charge in [-0.2, -0.15) is 18.2 Å². The molecule has 1 heterocycles. The Hall–Kier alpha value is -3.49. The molecule has 1 aliphatic carbocycles. The predicted octanol–water partition coefficient (Wildman–Crippen LogP) is 7.34. The summed E-state index contributed by atoms with van der Waals surface area (Å²) in [5.74, 6) is 1.48. The van der Waals surface area contributed by atoms with Crippen molar-refractivity contribution in [2.45, 2.75) is 51.8 Å². The first-order chi connectivity index (χ1) is 16.8. The molecule has 0 spiro atoms. The molecule has 0 radical (unpaired) electrons.